The Morgan fingerprint density at radius 1 is 1.40 bits per heavy atom. The second kappa shape index (κ2) is 6.62. The van der Waals surface area contributed by atoms with Gasteiger partial charge in [0.15, 0.2) is 0 Å². The van der Waals surface area contributed by atoms with E-state index in [1.807, 2.05) is 0 Å². The Labute approximate surface area is 118 Å². The third-order valence-corrected chi connectivity index (χ3v) is 3.62. The molecule has 1 N–H and O–H groups in total. The fourth-order valence-electron chi connectivity index (χ4n) is 2.31. The van der Waals surface area contributed by atoms with Crippen LogP contribution in [-0.4, -0.2) is 66.0 Å². The minimum Gasteiger partial charge on any atom is -0.363 e. The first-order chi connectivity index (χ1) is 9.58. The van der Waals surface area contributed by atoms with E-state index in [9.17, 15) is 10.1 Å². The van der Waals surface area contributed by atoms with E-state index in [0.717, 1.165) is 32.7 Å². The zero-order valence-electron chi connectivity index (χ0n) is 12.0. The molecule has 0 saturated carbocycles. The van der Waals surface area contributed by atoms with Gasteiger partial charge < -0.3 is 10.2 Å². The number of likely N-dealkylation sites (N-methyl/N-ethyl adjacent to an activating group) is 1. The van der Waals surface area contributed by atoms with Crippen molar-refractivity contribution < 1.29 is 4.92 Å². The van der Waals surface area contributed by atoms with Crippen LogP contribution >= 0.6 is 0 Å². The maximum atomic E-state index is 11.1. The third kappa shape index (κ3) is 3.64. The Morgan fingerprint density at radius 2 is 2.10 bits per heavy atom. The van der Waals surface area contributed by atoms with E-state index < -0.39 is 0 Å². The topological polar surface area (TPSA) is 74.5 Å². The number of hydrogen-bond acceptors (Lipinski definition) is 6. The van der Waals surface area contributed by atoms with Crippen LogP contribution in [0.3, 0.4) is 0 Å². The van der Waals surface area contributed by atoms with Gasteiger partial charge in [0.2, 0.25) is 5.82 Å². The van der Waals surface area contributed by atoms with Crippen molar-refractivity contribution in [3.05, 3.63) is 27.9 Å². The molecule has 0 bridgehead atoms. The lowest BCUT2D eigenvalue weighted by Gasteiger charge is -2.32. The number of aromatic nitrogens is 1. The minimum absolute atomic E-state index is 0.0749. The molecule has 1 aliphatic rings. The summed E-state index contributed by atoms with van der Waals surface area (Å²) in [6, 6.07) is 1.66. The lowest BCUT2D eigenvalue weighted by atomic mass is 10.2. The molecule has 0 aliphatic carbocycles. The van der Waals surface area contributed by atoms with Crippen molar-refractivity contribution in [1.29, 1.82) is 0 Å². The lowest BCUT2D eigenvalue weighted by Crippen LogP contribution is -2.45. The Morgan fingerprint density at radius 3 is 2.75 bits per heavy atom. The van der Waals surface area contributed by atoms with Crippen LogP contribution in [0.15, 0.2) is 12.3 Å². The first-order valence-electron chi connectivity index (χ1n) is 6.82. The molecule has 7 nitrogen and oxygen atoms in total. The van der Waals surface area contributed by atoms with Crippen LogP contribution in [0.5, 0.6) is 0 Å². The molecule has 2 rings (SSSR count). The number of nitrogens with zero attached hydrogens (tertiary/aromatic N) is 4. The van der Waals surface area contributed by atoms with Gasteiger partial charge in [0, 0.05) is 51.0 Å². The van der Waals surface area contributed by atoms with Crippen molar-refractivity contribution in [2.24, 2.45) is 0 Å². The van der Waals surface area contributed by atoms with Crippen molar-refractivity contribution >= 4 is 11.5 Å². The molecule has 0 radical (unpaired) electrons. The highest BCUT2D eigenvalue weighted by Gasteiger charge is 2.18. The van der Waals surface area contributed by atoms with Crippen molar-refractivity contribution in [2.75, 3.05) is 51.6 Å². The largest absolute Gasteiger partial charge is 0.363 e. The monoisotopic (exact) mass is 279 g/mol. The number of anilines is 1. The summed E-state index contributed by atoms with van der Waals surface area (Å²) in [6.45, 7) is 7.50. The summed E-state index contributed by atoms with van der Waals surface area (Å²) in [5, 5.41) is 14.1. The first-order valence-corrected chi connectivity index (χ1v) is 6.82. The van der Waals surface area contributed by atoms with E-state index in [2.05, 4.69) is 27.1 Å². The Kier molecular flexibility index (Phi) is 4.86. The second-order valence-electron chi connectivity index (χ2n) is 5.15. The van der Waals surface area contributed by atoms with E-state index in [0.29, 0.717) is 17.9 Å². The molecular formula is C13H21N5O2. The normalized spacial score (nSPS) is 17.1. The average Bonchev–Trinajstić information content (AvgIpc) is 2.40. The molecule has 2 heterocycles. The predicted octanol–water partition coefficient (Wildman–Crippen LogP) is 0.958. The zero-order chi connectivity index (χ0) is 14.5. The molecule has 0 atom stereocenters. The van der Waals surface area contributed by atoms with Crippen LogP contribution in [0, 0.1) is 17.0 Å². The van der Waals surface area contributed by atoms with Crippen LogP contribution in [0.25, 0.3) is 0 Å². The van der Waals surface area contributed by atoms with Gasteiger partial charge >= 0.3 is 5.69 Å². The van der Waals surface area contributed by atoms with Crippen molar-refractivity contribution in [1.82, 2.24) is 14.8 Å². The molecule has 1 fully saturated rings. The van der Waals surface area contributed by atoms with Gasteiger partial charge in [-0.1, -0.05) is 0 Å². The standard InChI is InChI=1S/C13H21N5O2/c1-11-3-4-14-13(12(11)18(19)20)15-5-6-17-9-7-16(2)8-10-17/h3-4H,5-10H2,1-2H3,(H,14,15). The lowest BCUT2D eigenvalue weighted by molar-refractivity contribution is -0.384. The smallest absolute Gasteiger partial charge is 0.314 e. The molecule has 1 aliphatic heterocycles. The Bertz CT molecular complexity index is 472. The molecule has 1 aromatic heterocycles. The number of nitrogens with one attached hydrogen (secondary N) is 1. The quantitative estimate of drug-likeness (QED) is 0.639. The van der Waals surface area contributed by atoms with E-state index in [4.69, 9.17) is 0 Å². The highest BCUT2D eigenvalue weighted by molar-refractivity contribution is 5.59. The summed E-state index contributed by atoms with van der Waals surface area (Å²) >= 11 is 0. The van der Waals surface area contributed by atoms with Crippen LogP contribution in [-0.2, 0) is 0 Å². The maximum Gasteiger partial charge on any atom is 0.314 e. The van der Waals surface area contributed by atoms with E-state index in [1.165, 1.54) is 0 Å². The predicted molar refractivity (Wildman–Crippen MR) is 78.1 cm³/mol. The Hall–Kier alpha value is -1.73. The van der Waals surface area contributed by atoms with Gasteiger partial charge in [-0.25, -0.2) is 4.98 Å². The average molecular weight is 279 g/mol. The van der Waals surface area contributed by atoms with E-state index in [1.54, 1.807) is 19.2 Å². The van der Waals surface area contributed by atoms with Gasteiger partial charge in [0.05, 0.1) is 4.92 Å². The molecule has 0 aromatic carbocycles. The number of aryl methyl sites for hydroxylation is 1. The van der Waals surface area contributed by atoms with E-state index in [-0.39, 0.29) is 10.6 Å². The van der Waals surface area contributed by atoms with Gasteiger partial charge in [0.1, 0.15) is 0 Å². The summed E-state index contributed by atoms with van der Waals surface area (Å²) < 4.78 is 0. The van der Waals surface area contributed by atoms with E-state index >= 15 is 0 Å². The molecule has 1 saturated heterocycles. The number of piperazine rings is 1. The summed E-state index contributed by atoms with van der Waals surface area (Å²) in [6.07, 6.45) is 1.60. The summed E-state index contributed by atoms with van der Waals surface area (Å²) in [5.74, 6) is 0.365. The number of rotatable bonds is 5. The third-order valence-electron chi connectivity index (χ3n) is 3.62. The number of nitro groups is 1. The van der Waals surface area contributed by atoms with Gasteiger partial charge in [-0.2, -0.15) is 0 Å². The minimum atomic E-state index is -0.374. The molecule has 20 heavy (non-hydrogen) atoms. The van der Waals surface area contributed by atoms with Crippen LogP contribution in [0.4, 0.5) is 11.5 Å². The second-order valence-corrected chi connectivity index (χ2v) is 5.15. The number of hydrogen-bond donors (Lipinski definition) is 1. The van der Waals surface area contributed by atoms with Crippen LogP contribution in [0.2, 0.25) is 0 Å². The van der Waals surface area contributed by atoms with Gasteiger partial charge in [0.25, 0.3) is 0 Å². The molecule has 0 unspecified atom stereocenters. The fraction of sp³-hybridized carbons (Fsp3) is 0.615. The molecule has 0 amide bonds. The molecule has 1 aromatic rings. The first kappa shape index (κ1) is 14.7. The molecular weight excluding hydrogens is 258 g/mol. The van der Waals surface area contributed by atoms with Crippen LogP contribution < -0.4 is 5.32 Å². The molecule has 0 spiro atoms. The Balaban J connectivity index is 1.88. The number of pyridine rings is 1. The SMILES string of the molecule is Cc1ccnc(NCCN2CCN(C)CC2)c1[N+](=O)[O-]. The zero-order valence-corrected chi connectivity index (χ0v) is 12.0. The van der Waals surface area contributed by atoms with Gasteiger partial charge in [-0.15, -0.1) is 0 Å². The van der Waals surface area contributed by atoms with Crippen molar-refractivity contribution in [2.45, 2.75) is 6.92 Å². The van der Waals surface area contributed by atoms with Crippen molar-refractivity contribution in [3.8, 4) is 0 Å². The summed E-state index contributed by atoms with van der Waals surface area (Å²) in [7, 11) is 2.12. The van der Waals surface area contributed by atoms with Crippen LogP contribution in [0.1, 0.15) is 5.56 Å². The summed E-state index contributed by atoms with van der Waals surface area (Å²) in [5.41, 5.74) is 0.706. The van der Waals surface area contributed by atoms with Gasteiger partial charge in [-0.05, 0) is 20.0 Å². The fourth-order valence-corrected chi connectivity index (χ4v) is 2.31. The highest BCUT2D eigenvalue weighted by Crippen LogP contribution is 2.25. The maximum absolute atomic E-state index is 11.1. The summed E-state index contributed by atoms with van der Waals surface area (Å²) in [4.78, 5) is 19.4. The van der Waals surface area contributed by atoms with Crippen molar-refractivity contribution in [3.63, 3.8) is 0 Å². The molecule has 110 valence electrons. The molecule has 7 heteroatoms. The highest BCUT2D eigenvalue weighted by atomic mass is 16.6. The van der Waals surface area contributed by atoms with Gasteiger partial charge in [-0.3, -0.25) is 15.0 Å².